The molecule has 0 bridgehead atoms. The van der Waals surface area contributed by atoms with Crippen molar-refractivity contribution in [1.29, 1.82) is 0 Å². The molecule has 0 fully saturated rings. The Bertz CT molecular complexity index is 1260. The minimum absolute atomic E-state index is 0.158. The van der Waals surface area contributed by atoms with Gasteiger partial charge in [0.25, 0.3) is 5.56 Å². The number of methoxy groups -OCH3 is 1. The lowest BCUT2D eigenvalue weighted by atomic mass is 10.1. The lowest BCUT2D eigenvalue weighted by Crippen LogP contribution is -2.20. The van der Waals surface area contributed by atoms with Gasteiger partial charge in [0.05, 0.1) is 29.4 Å². The SMILES string of the molecule is COc1ccc2c(C=Nc3ccc(C)cc3)c(O)n(-c3ccccc3)c(=O)c2c1. The van der Waals surface area contributed by atoms with Crippen LogP contribution in [-0.4, -0.2) is 23.0 Å². The van der Waals surface area contributed by atoms with Gasteiger partial charge in [0.1, 0.15) is 5.75 Å². The molecule has 5 nitrogen and oxygen atoms in total. The van der Waals surface area contributed by atoms with E-state index < -0.39 is 0 Å². The number of aliphatic imine (C=N–C) groups is 1. The van der Waals surface area contributed by atoms with Crippen LogP contribution in [0, 0.1) is 6.92 Å². The van der Waals surface area contributed by atoms with Crippen LogP contribution in [0.1, 0.15) is 11.1 Å². The van der Waals surface area contributed by atoms with Gasteiger partial charge in [-0.15, -0.1) is 0 Å². The molecule has 0 spiro atoms. The molecule has 4 rings (SSSR count). The molecule has 0 atom stereocenters. The molecule has 1 aromatic heterocycles. The van der Waals surface area contributed by atoms with E-state index in [2.05, 4.69) is 4.99 Å². The van der Waals surface area contributed by atoms with E-state index >= 15 is 0 Å². The number of pyridine rings is 1. The fourth-order valence-corrected chi connectivity index (χ4v) is 3.23. The molecule has 29 heavy (non-hydrogen) atoms. The standard InChI is InChI=1S/C24H20N2O3/c1-16-8-10-17(11-9-16)25-15-22-20-13-12-19(29-2)14-21(20)23(27)26(24(22)28)18-6-4-3-5-7-18/h3-15,28H,1-2H3. The third kappa shape index (κ3) is 3.50. The topological polar surface area (TPSA) is 63.8 Å². The van der Waals surface area contributed by atoms with Crippen LogP contribution in [0.4, 0.5) is 5.69 Å². The highest BCUT2D eigenvalue weighted by atomic mass is 16.5. The van der Waals surface area contributed by atoms with Crippen LogP contribution in [0.25, 0.3) is 16.5 Å². The average molecular weight is 384 g/mol. The van der Waals surface area contributed by atoms with E-state index in [1.807, 2.05) is 49.4 Å². The second kappa shape index (κ2) is 7.64. The normalized spacial score (nSPS) is 11.2. The first-order valence-electron chi connectivity index (χ1n) is 9.20. The van der Waals surface area contributed by atoms with Gasteiger partial charge in [-0.2, -0.15) is 0 Å². The summed E-state index contributed by atoms with van der Waals surface area (Å²) in [6, 6.07) is 22.0. The number of aromatic hydroxyl groups is 1. The van der Waals surface area contributed by atoms with Gasteiger partial charge in [-0.25, -0.2) is 4.57 Å². The summed E-state index contributed by atoms with van der Waals surface area (Å²) < 4.78 is 6.58. The van der Waals surface area contributed by atoms with Crippen molar-refractivity contribution in [3.8, 4) is 17.3 Å². The van der Waals surface area contributed by atoms with E-state index in [0.29, 0.717) is 27.8 Å². The molecule has 3 aromatic carbocycles. The first kappa shape index (κ1) is 18.5. The number of nitrogens with zero attached hydrogens (tertiary/aromatic N) is 2. The van der Waals surface area contributed by atoms with Crippen molar-refractivity contribution in [3.05, 3.63) is 94.3 Å². The Balaban J connectivity index is 1.99. The van der Waals surface area contributed by atoms with Crippen molar-refractivity contribution in [2.24, 2.45) is 4.99 Å². The molecule has 0 saturated heterocycles. The van der Waals surface area contributed by atoms with Crippen molar-refractivity contribution in [2.75, 3.05) is 7.11 Å². The van der Waals surface area contributed by atoms with Crippen molar-refractivity contribution in [3.63, 3.8) is 0 Å². The molecule has 5 heteroatoms. The van der Waals surface area contributed by atoms with Gasteiger partial charge in [0.15, 0.2) is 0 Å². The van der Waals surface area contributed by atoms with E-state index in [0.717, 1.165) is 11.3 Å². The maximum absolute atomic E-state index is 13.2. The first-order valence-corrected chi connectivity index (χ1v) is 9.20. The Morgan fingerprint density at radius 1 is 0.966 bits per heavy atom. The van der Waals surface area contributed by atoms with Gasteiger partial charge in [0, 0.05) is 11.6 Å². The summed E-state index contributed by atoms with van der Waals surface area (Å²) in [5.74, 6) is 0.413. The quantitative estimate of drug-likeness (QED) is 0.516. The number of para-hydroxylation sites is 1. The zero-order valence-electron chi connectivity index (χ0n) is 16.2. The molecule has 0 aliphatic carbocycles. The van der Waals surface area contributed by atoms with Crippen LogP contribution in [-0.2, 0) is 0 Å². The molecule has 0 amide bonds. The second-order valence-electron chi connectivity index (χ2n) is 6.72. The van der Waals surface area contributed by atoms with Crippen LogP contribution in [0.15, 0.2) is 82.6 Å². The van der Waals surface area contributed by atoms with Gasteiger partial charge >= 0.3 is 0 Å². The van der Waals surface area contributed by atoms with E-state index in [1.54, 1.807) is 43.7 Å². The Morgan fingerprint density at radius 2 is 1.69 bits per heavy atom. The number of hydrogen-bond donors (Lipinski definition) is 1. The maximum Gasteiger partial charge on any atom is 0.265 e. The molecule has 144 valence electrons. The molecule has 0 unspecified atom stereocenters. The minimum atomic E-state index is -0.324. The first-order chi connectivity index (χ1) is 14.1. The fourth-order valence-electron chi connectivity index (χ4n) is 3.23. The summed E-state index contributed by atoms with van der Waals surface area (Å²) in [7, 11) is 1.55. The molecular weight excluding hydrogens is 364 g/mol. The van der Waals surface area contributed by atoms with E-state index in [-0.39, 0.29) is 11.4 Å². The predicted octanol–water partition coefficient (Wildman–Crippen LogP) is 4.76. The highest BCUT2D eigenvalue weighted by molar-refractivity contribution is 6.02. The number of aryl methyl sites for hydroxylation is 1. The molecule has 0 aliphatic rings. The number of aromatic nitrogens is 1. The van der Waals surface area contributed by atoms with Crippen LogP contribution < -0.4 is 10.3 Å². The summed E-state index contributed by atoms with van der Waals surface area (Å²) >= 11 is 0. The molecule has 1 heterocycles. The Kier molecular flexibility index (Phi) is 4.87. The lowest BCUT2D eigenvalue weighted by molar-refractivity contribution is 0.415. The summed E-state index contributed by atoms with van der Waals surface area (Å²) in [6.07, 6.45) is 1.59. The van der Waals surface area contributed by atoms with E-state index in [4.69, 9.17) is 4.74 Å². The van der Waals surface area contributed by atoms with Gasteiger partial charge in [-0.3, -0.25) is 9.79 Å². The Hall–Kier alpha value is -3.86. The zero-order chi connectivity index (χ0) is 20.4. The molecule has 0 radical (unpaired) electrons. The van der Waals surface area contributed by atoms with Crippen molar-refractivity contribution >= 4 is 22.7 Å². The van der Waals surface area contributed by atoms with Crippen molar-refractivity contribution < 1.29 is 9.84 Å². The minimum Gasteiger partial charge on any atom is -0.497 e. The summed E-state index contributed by atoms with van der Waals surface area (Å²) in [5.41, 5.74) is 2.61. The maximum atomic E-state index is 13.2. The fraction of sp³-hybridized carbons (Fsp3) is 0.0833. The molecular formula is C24H20N2O3. The smallest absolute Gasteiger partial charge is 0.265 e. The number of hydrogen-bond acceptors (Lipinski definition) is 4. The second-order valence-corrected chi connectivity index (χ2v) is 6.72. The van der Waals surface area contributed by atoms with Gasteiger partial charge in [0.2, 0.25) is 5.88 Å². The lowest BCUT2D eigenvalue weighted by Gasteiger charge is -2.14. The summed E-state index contributed by atoms with van der Waals surface area (Å²) in [4.78, 5) is 17.7. The zero-order valence-corrected chi connectivity index (χ0v) is 16.2. The Labute approximate surface area is 168 Å². The van der Waals surface area contributed by atoms with Gasteiger partial charge in [-0.05, 0) is 49.4 Å². The molecule has 0 saturated carbocycles. The number of fused-ring (bicyclic) bond motifs is 1. The average Bonchev–Trinajstić information content (AvgIpc) is 2.75. The van der Waals surface area contributed by atoms with Crippen LogP contribution >= 0.6 is 0 Å². The number of rotatable bonds is 4. The van der Waals surface area contributed by atoms with E-state index in [1.165, 1.54) is 4.57 Å². The highest BCUT2D eigenvalue weighted by Crippen LogP contribution is 2.28. The van der Waals surface area contributed by atoms with Crippen LogP contribution in [0.2, 0.25) is 0 Å². The van der Waals surface area contributed by atoms with Crippen LogP contribution in [0.5, 0.6) is 11.6 Å². The third-order valence-electron chi connectivity index (χ3n) is 4.79. The van der Waals surface area contributed by atoms with Gasteiger partial charge in [-0.1, -0.05) is 35.9 Å². The van der Waals surface area contributed by atoms with Crippen molar-refractivity contribution in [2.45, 2.75) is 6.92 Å². The summed E-state index contributed by atoms with van der Waals surface area (Å²) in [5, 5.41) is 12.1. The molecule has 4 aromatic rings. The molecule has 0 aliphatic heterocycles. The predicted molar refractivity (Wildman–Crippen MR) is 116 cm³/mol. The summed E-state index contributed by atoms with van der Waals surface area (Å²) in [6.45, 7) is 2.01. The van der Waals surface area contributed by atoms with Gasteiger partial charge < -0.3 is 9.84 Å². The van der Waals surface area contributed by atoms with Crippen molar-refractivity contribution in [1.82, 2.24) is 4.57 Å². The largest absolute Gasteiger partial charge is 0.497 e. The Morgan fingerprint density at radius 3 is 2.38 bits per heavy atom. The van der Waals surface area contributed by atoms with Crippen LogP contribution in [0.3, 0.4) is 0 Å². The number of benzene rings is 3. The monoisotopic (exact) mass is 384 g/mol. The third-order valence-corrected chi connectivity index (χ3v) is 4.79. The highest BCUT2D eigenvalue weighted by Gasteiger charge is 2.17. The van der Waals surface area contributed by atoms with E-state index in [9.17, 15) is 9.90 Å². The number of ether oxygens (including phenoxy) is 1. The molecule has 1 N–H and O–H groups in total.